The molecule has 11 N–H and O–H groups in total. The van der Waals surface area contributed by atoms with Crippen LogP contribution in [0.5, 0.6) is 5.75 Å². The van der Waals surface area contributed by atoms with E-state index in [4.69, 9.17) is 25.8 Å². The van der Waals surface area contributed by atoms with Crippen molar-refractivity contribution in [2.45, 2.75) is 194 Å². The molecule has 1 saturated heterocycles. The molecule has 1 fully saturated rings. The number of anilines is 1. The topological polar surface area (TPSA) is 345 Å². The zero-order valence-corrected chi connectivity index (χ0v) is 55.0. The third-order valence-corrected chi connectivity index (χ3v) is 16.7. The lowest BCUT2D eigenvalue weighted by Crippen LogP contribution is -2.60. The van der Waals surface area contributed by atoms with Crippen molar-refractivity contribution >= 4 is 59.0 Å². The Bertz CT molecular complexity index is 2560. The summed E-state index contributed by atoms with van der Waals surface area (Å²) in [7, 11) is 6.15. The molecule has 0 aliphatic carbocycles. The summed E-state index contributed by atoms with van der Waals surface area (Å²) < 4.78 is 17.9. The number of nitrogens with two attached hydrogens (primary N) is 2. The fourth-order valence-corrected chi connectivity index (χ4v) is 11.3. The van der Waals surface area contributed by atoms with E-state index in [0.29, 0.717) is 62.9 Å². The smallest absolute Gasteiger partial charge is 0.312 e. The van der Waals surface area contributed by atoms with Gasteiger partial charge in [-0.3, -0.25) is 38.4 Å². The SMILES string of the molecule is CC[C@H](C)[C@@H]([C@@H](CC(=O)N1CCC[C@H]1[C@H](OC)[C@@H](C)C(=O)N[C@H](C)[C@@H](O)c1ccccc1)OC)N(C)C(=O)[C@@H](NC(=O)C(C(C)C)N(C)C(=O)COc1ccc(NC(=O)[C@H](CCCNC(N)=O)NC(=O)C(NC(=O)CCCCCON)C(C)C)cc1)C(C)C. The second kappa shape index (κ2) is 38.6. The number of aliphatic hydroxyl groups excluding tert-OH is 1. The van der Waals surface area contributed by atoms with Gasteiger partial charge in [-0.2, -0.15) is 0 Å². The van der Waals surface area contributed by atoms with Crippen LogP contribution in [0.4, 0.5) is 10.5 Å². The van der Waals surface area contributed by atoms with Gasteiger partial charge in [-0.05, 0) is 98.9 Å². The molecule has 1 aliphatic rings. The minimum Gasteiger partial charge on any atom is -0.484 e. The van der Waals surface area contributed by atoms with E-state index in [1.165, 1.54) is 38.3 Å². The number of methoxy groups -OCH3 is 2. The molecule has 0 aromatic heterocycles. The van der Waals surface area contributed by atoms with E-state index in [1.54, 1.807) is 82.7 Å². The quantitative estimate of drug-likeness (QED) is 0.0333. The van der Waals surface area contributed by atoms with Gasteiger partial charge in [0.2, 0.25) is 41.4 Å². The van der Waals surface area contributed by atoms with Gasteiger partial charge in [-0.1, -0.05) is 105 Å². The number of unbranched alkanes of at least 4 members (excludes halogenated alkanes) is 2. The molecular formula is C64H105N11O14. The van der Waals surface area contributed by atoms with Crippen molar-refractivity contribution < 1.29 is 67.3 Å². The number of likely N-dealkylation sites (N-methyl/N-ethyl adjacent to an activating group) is 2. The Morgan fingerprint density at radius 3 is 1.96 bits per heavy atom. The Morgan fingerprint density at radius 2 is 1.38 bits per heavy atom. The van der Waals surface area contributed by atoms with Crippen LogP contribution in [0.3, 0.4) is 0 Å². The normalized spacial score (nSPS) is 16.9. The fraction of sp³-hybridized carbons (Fsp3) is 0.672. The van der Waals surface area contributed by atoms with E-state index in [-0.39, 0.29) is 67.5 Å². The summed E-state index contributed by atoms with van der Waals surface area (Å²) in [5.41, 5.74) is 6.23. The summed E-state index contributed by atoms with van der Waals surface area (Å²) in [5.74, 6) is -0.144. The first-order chi connectivity index (χ1) is 42.1. The summed E-state index contributed by atoms with van der Waals surface area (Å²) in [6.45, 7) is 18.7. The Hall–Kier alpha value is -6.93. The minimum atomic E-state index is -1.08. The number of ether oxygens (including phenoxy) is 3. The maximum atomic E-state index is 14.8. The minimum absolute atomic E-state index is 0.0830. The van der Waals surface area contributed by atoms with Gasteiger partial charge in [0.1, 0.15) is 29.9 Å². The monoisotopic (exact) mass is 1250 g/mol. The molecule has 2 aromatic carbocycles. The van der Waals surface area contributed by atoms with Crippen LogP contribution in [-0.4, -0.2) is 182 Å². The number of carbonyl (C=O) groups excluding carboxylic acids is 9. The number of amides is 10. The molecule has 1 heterocycles. The number of primary amides is 1. The molecule has 25 heteroatoms. The standard InChI is InChI=1S/C64H105N11O14/c1-15-41(8)56(49(86-13)36-51(77)75-34-23-27-48(75)58(87-14)42(9)59(80)68-43(10)57(79)44-24-18-16-19-25-44)74(12)63(84)54(39(4)5)72-62(83)55(40(6)7)73(11)52(78)37-88-46-31-29-45(30-32-46)69-60(81)47(26-22-33-67-64(65)85)70-61(82)53(38(2)3)71-50(76)28-20-17-21-35-89-66/h16,18-19,24-25,29-32,38-43,47-49,53-58,79H,15,17,20-23,26-28,33-37,66H2,1-14H3,(H,68,80)(H,69,81)(H,70,82)(H,71,76)(H,72,83)(H3,65,67,85)/t41-,42+,43+,47-,48-,49+,53?,54-,55?,56-,57+,58+/m0/s1. The van der Waals surface area contributed by atoms with Crippen LogP contribution in [0, 0.1) is 29.6 Å². The van der Waals surface area contributed by atoms with Crippen LogP contribution in [-0.2, 0) is 52.7 Å². The largest absolute Gasteiger partial charge is 0.484 e. The Kier molecular flexibility index (Phi) is 33.1. The number of hydrogen-bond donors (Lipinski definition) is 9. The van der Waals surface area contributed by atoms with Crippen LogP contribution < -0.4 is 48.3 Å². The Balaban J connectivity index is 1.70. The zero-order chi connectivity index (χ0) is 66.7. The molecule has 10 amide bonds. The van der Waals surface area contributed by atoms with E-state index in [9.17, 15) is 48.3 Å². The van der Waals surface area contributed by atoms with Crippen LogP contribution >= 0.6 is 0 Å². The number of rotatable bonds is 39. The van der Waals surface area contributed by atoms with Crippen molar-refractivity contribution in [2.24, 2.45) is 41.2 Å². The van der Waals surface area contributed by atoms with Gasteiger partial charge in [0, 0.05) is 53.5 Å². The molecule has 0 bridgehead atoms. The second-order valence-electron chi connectivity index (χ2n) is 24.4. The van der Waals surface area contributed by atoms with Crippen LogP contribution in [0.25, 0.3) is 0 Å². The van der Waals surface area contributed by atoms with Crippen molar-refractivity contribution in [3.8, 4) is 5.75 Å². The van der Waals surface area contributed by atoms with Gasteiger partial charge in [-0.25, -0.2) is 10.7 Å². The van der Waals surface area contributed by atoms with E-state index in [2.05, 4.69) is 36.7 Å². The summed E-state index contributed by atoms with van der Waals surface area (Å²) in [4.78, 5) is 132. The van der Waals surface area contributed by atoms with Gasteiger partial charge < -0.3 is 76.5 Å². The lowest BCUT2D eigenvalue weighted by Gasteiger charge is -2.41. The molecule has 25 nitrogen and oxygen atoms in total. The number of nitrogens with zero attached hydrogens (tertiary/aromatic N) is 3. The highest BCUT2D eigenvalue weighted by atomic mass is 16.6. The summed E-state index contributed by atoms with van der Waals surface area (Å²) in [6.07, 6.45) is 2.00. The molecule has 2 unspecified atom stereocenters. The number of likely N-dealkylation sites (tertiary alicyclic amines) is 1. The molecular weight excluding hydrogens is 1150 g/mol. The number of benzene rings is 2. The van der Waals surface area contributed by atoms with Crippen molar-refractivity contribution in [1.82, 2.24) is 41.3 Å². The molecule has 12 atom stereocenters. The third-order valence-electron chi connectivity index (χ3n) is 16.7. The van der Waals surface area contributed by atoms with Crippen molar-refractivity contribution in [3.05, 3.63) is 60.2 Å². The number of nitrogens with one attached hydrogen (secondary N) is 6. The lowest BCUT2D eigenvalue weighted by molar-refractivity contribution is -0.149. The molecule has 2 aromatic rings. The first-order valence-corrected chi connectivity index (χ1v) is 31.3. The van der Waals surface area contributed by atoms with Gasteiger partial charge >= 0.3 is 6.03 Å². The van der Waals surface area contributed by atoms with Crippen LogP contribution in [0.1, 0.15) is 145 Å². The first-order valence-electron chi connectivity index (χ1n) is 31.3. The average molecular weight is 1250 g/mol. The average Bonchev–Trinajstić information content (AvgIpc) is 4.10. The Labute approximate surface area is 526 Å². The van der Waals surface area contributed by atoms with E-state index in [0.717, 1.165) is 0 Å². The van der Waals surface area contributed by atoms with Crippen LogP contribution in [0.15, 0.2) is 54.6 Å². The van der Waals surface area contributed by atoms with Crippen molar-refractivity contribution in [2.75, 3.05) is 59.9 Å². The highest BCUT2D eigenvalue weighted by molar-refractivity contribution is 5.98. The van der Waals surface area contributed by atoms with Gasteiger partial charge in [-0.15, -0.1) is 0 Å². The van der Waals surface area contributed by atoms with Gasteiger partial charge in [0.05, 0.1) is 55.4 Å². The summed E-state index contributed by atoms with van der Waals surface area (Å²) in [5, 5.41) is 27.6. The Morgan fingerprint density at radius 1 is 0.730 bits per heavy atom. The van der Waals surface area contributed by atoms with Gasteiger partial charge in [0.25, 0.3) is 5.91 Å². The predicted molar refractivity (Wildman–Crippen MR) is 338 cm³/mol. The number of hydrogen-bond acceptors (Lipinski definition) is 15. The summed E-state index contributed by atoms with van der Waals surface area (Å²) >= 11 is 0. The molecule has 0 radical (unpaired) electrons. The second-order valence-corrected chi connectivity index (χ2v) is 24.4. The number of carbonyl (C=O) groups is 9. The molecule has 500 valence electrons. The van der Waals surface area contributed by atoms with E-state index < -0.39 is 121 Å². The molecule has 3 rings (SSSR count). The molecule has 89 heavy (non-hydrogen) atoms. The van der Waals surface area contributed by atoms with Crippen molar-refractivity contribution in [1.29, 1.82) is 0 Å². The first kappa shape index (κ1) is 76.3. The van der Waals surface area contributed by atoms with E-state index >= 15 is 0 Å². The predicted octanol–water partition coefficient (Wildman–Crippen LogP) is 4.31. The number of urea groups is 1. The van der Waals surface area contributed by atoms with Gasteiger partial charge in [0.15, 0.2) is 6.61 Å². The highest BCUT2D eigenvalue weighted by Crippen LogP contribution is 2.31. The maximum absolute atomic E-state index is 14.8. The molecule has 0 spiro atoms. The summed E-state index contributed by atoms with van der Waals surface area (Å²) in [6, 6.07) is 8.75. The maximum Gasteiger partial charge on any atom is 0.312 e. The number of aliphatic hydroxyl groups is 1. The highest BCUT2D eigenvalue weighted by Gasteiger charge is 2.44. The zero-order valence-electron chi connectivity index (χ0n) is 55.0. The van der Waals surface area contributed by atoms with Crippen molar-refractivity contribution in [3.63, 3.8) is 0 Å². The fourth-order valence-electron chi connectivity index (χ4n) is 11.3. The van der Waals surface area contributed by atoms with Crippen LogP contribution in [0.2, 0.25) is 0 Å². The molecule has 0 saturated carbocycles. The van der Waals surface area contributed by atoms with E-state index in [1.807, 2.05) is 45.9 Å². The lowest BCUT2D eigenvalue weighted by atomic mass is 9.89. The molecule has 1 aliphatic heterocycles. The third kappa shape index (κ3) is 23.8.